The van der Waals surface area contributed by atoms with Crippen molar-refractivity contribution in [3.05, 3.63) is 66.0 Å². The number of nitrogens with one attached hydrogen (secondary N) is 1. The standard InChI is InChI=1S/C21H21FN4O2/c1-28-18-8-4-15(5-9-18)19-14-20(24-23-19)25-10-12-26(13-11-25)21(27)16-2-6-17(22)7-3-16/h2-9,14H,10-13H2,1H3,(H,23,24). The normalized spacial score (nSPS) is 14.2. The van der Waals surface area contributed by atoms with Crippen LogP contribution in [0.1, 0.15) is 10.4 Å². The largest absolute Gasteiger partial charge is 0.497 e. The lowest BCUT2D eigenvalue weighted by Gasteiger charge is -2.34. The van der Waals surface area contributed by atoms with Crippen LogP contribution in [-0.4, -0.2) is 54.3 Å². The van der Waals surface area contributed by atoms with Crippen LogP contribution in [-0.2, 0) is 0 Å². The van der Waals surface area contributed by atoms with Crippen molar-refractivity contribution in [2.45, 2.75) is 0 Å². The fourth-order valence-electron chi connectivity index (χ4n) is 3.31. The number of piperazine rings is 1. The third-order valence-electron chi connectivity index (χ3n) is 4.95. The summed E-state index contributed by atoms with van der Waals surface area (Å²) in [5.41, 5.74) is 2.48. The number of carbonyl (C=O) groups excluding carboxylic acids is 1. The number of rotatable bonds is 4. The second-order valence-electron chi connectivity index (χ2n) is 6.65. The molecule has 0 radical (unpaired) electrons. The lowest BCUT2D eigenvalue weighted by Crippen LogP contribution is -2.48. The Morgan fingerprint density at radius 3 is 2.36 bits per heavy atom. The molecule has 4 rings (SSSR count). The number of aromatic amines is 1. The van der Waals surface area contributed by atoms with E-state index in [1.807, 2.05) is 30.3 Å². The first-order valence-electron chi connectivity index (χ1n) is 9.13. The molecule has 1 saturated heterocycles. The van der Waals surface area contributed by atoms with Gasteiger partial charge in [-0.25, -0.2) is 4.39 Å². The topological polar surface area (TPSA) is 61.5 Å². The summed E-state index contributed by atoms with van der Waals surface area (Å²) >= 11 is 0. The second kappa shape index (κ2) is 7.72. The number of benzene rings is 2. The number of anilines is 1. The first kappa shape index (κ1) is 18.0. The minimum Gasteiger partial charge on any atom is -0.497 e. The van der Waals surface area contributed by atoms with Crippen LogP contribution in [0, 0.1) is 5.82 Å². The van der Waals surface area contributed by atoms with Crippen molar-refractivity contribution >= 4 is 11.7 Å². The molecule has 1 aliphatic heterocycles. The van der Waals surface area contributed by atoms with Crippen molar-refractivity contribution in [2.24, 2.45) is 0 Å². The average molecular weight is 380 g/mol. The van der Waals surface area contributed by atoms with Gasteiger partial charge in [0.1, 0.15) is 11.6 Å². The van der Waals surface area contributed by atoms with Gasteiger partial charge in [0, 0.05) is 37.8 Å². The summed E-state index contributed by atoms with van der Waals surface area (Å²) in [6, 6.07) is 15.5. The van der Waals surface area contributed by atoms with Gasteiger partial charge in [0.05, 0.1) is 12.8 Å². The van der Waals surface area contributed by atoms with Gasteiger partial charge in [-0.2, -0.15) is 5.10 Å². The zero-order valence-corrected chi connectivity index (χ0v) is 15.6. The number of halogens is 1. The maximum absolute atomic E-state index is 13.0. The SMILES string of the molecule is COc1ccc(-c2cc(N3CCN(C(=O)c4ccc(F)cc4)CC3)n[nH]2)cc1. The Hall–Kier alpha value is -3.35. The Morgan fingerprint density at radius 2 is 1.71 bits per heavy atom. The number of hydrogen-bond donors (Lipinski definition) is 1. The van der Waals surface area contributed by atoms with E-state index in [1.54, 1.807) is 12.0 Å². The molecule has 0 saturated carbocycles. The fraction of sp³-hybridized carbons (Fsp3) is 0.238. The van der Waals surface area contributed by atoms with Crippen molar-refractivity contribution < 1.29 is 13.9 Å². The van der Waals surface area contributed by atoms with Gasteiger partial charge in [-0.1, -0.05) is 0 Å². The smallest absolute Gasteiger partial charge is 0.253 e. The molecular formula is C21H21FN4O2. The maximum Gasteiger partial charge on any atom is 0.253 e. The summed E-state index contributed by atoms with van der Waals surface area (Å²) in [6.45, 7) is 2.58. The number of ether oxygens (including phenoxy) is 1. The number of amides is 1. The van der Waals surface area contributed by atoms with Crippen molar-refractivity contribution in [1.29, 1.82) is 0 Å². The van der Waals surface area contributed by atoms with E-state index in [1.165, 1.54) is 24.3 Å². The predicted molar refractivity (Wildman–Crippen MR) is 105 cm³/mol. The highest BCUT2D eigenvalue weighted by Crippen LogP contribution is 2.24. The third kappa shape index (κ3) is 3.69. The summed E-state index contributed by atoms with van der Waals surface area (Å²) < 4.78 is 18.2. The van der Waals surface area contributed by atoms with Gasteiger partial charge in [0.2, 0.25) is 0 Å². The van der Waals surface area contributed by atoms with Crippen molar-refractivity contribution in [3.8, 4) is 17.0 Å². The Bertz CT molecular complexity index is 945. The minimum absolute atomic E-state index is 0.0689. The molecule has 1 fully saturated rings. The zero-order valence-electron chi connectivity index (χ0n) is 15.6. The Balaban J connectivity index is 1.39. The minimum atomic E-state index is -0.340. The van der Waals surface area contributed by atoms with Gasteiger partial charge in [0.15, 0.2) is 5.82 Å². The van der Waals surface area contributed by atoms with Crippen LogP contribution in [0.3, 0.4) is 0 Å². The molecule has 0 bridgehead atoms. The third-order valence-corrected chi connectivity index (χ3v) is 4.95. The lowest BCUT2D eigenvalue weighted by atomic mass is 10.1. The van der Waals surface area contributed by atoms with Gasteiger partial charge in [-0.05, 0) is 54.1 Å². The molecule has 144 valence electrons. The number of carbonyl (C=O) groups is 1. The predicted octanol–water partition coefficient (Wildman–Crippen LogP) is 3.19. The summed E-state index contributed by atoms with van der Waals surface area (Å²) in [6.07, 6.45) is 0. The van der Waals surface area contributed by atoms with Crippen molar-refractivity contribution in [1.82, 2.24) is 15.1 Å². The number of nitrogens with zero attached hydrogens (tertiary/aromatic N) is 3. The molecule has 6 nitrogen and oxygen atoms in total. The van der Waals surface area contributed by atoms with Crippen LogP contribution >= 0.6 is 0 Å². The van der Waals surface area contributed by atoms with Crippen molar-refractivity contribution in [3.63, 3.8) is 0 Å². The van der Waals surface area contributed by atoms with Gasteiger partial charge in [-0.3, -0.25) is 9.89 Å². The molecule has 1 amide bonds. The average Bonchev–Trinajstić information content (AvgIpc) is 3.24. The maximum atomic E-state index is 13.0. The van der Waals surface area contributed by atoms with Gasteiger partial charge < -0.3 is 14.5 Å². The molecule has 0 unspecified atom stereocenters. The van der Waals surface area contributed by atoms with Gasteiger partial charge in [-0.15, -0.1) is 0 Å². The van der Waals surface area contributed by atoms with E-state index in [9.17, 15) is 9.18 Å². The van der Waals surface area contributed by atoms with E-state index in [2.05, 4.69) is 15.1 Å². The van der Waals surface area contributed by atoms with E-state index in [0.29, 0.717) is 31.7 Å². The molecular weight excluding hydrogens is 359 g/mol. The van der Waals surface area contributed by atoms with E-state index in [-0.39, 0.29) is 11.7 Å². The van der Waals surface area contributed by atoms with E-state index >= 15 is 0 Å². The van der Waals surface area contributed by atoms with Crippen LogP contribution in [0.4, 0.5) is 10.2 Å². The van der Waals surface area contributed by atoms with Gasteiger partial charge in [0.25, 0.3) is 5.91 Å². The van der Waals surface area contributed by atoms with Gasteiger partial charge >= 0.3 is 0 Å². The first-order valence-corrected chi connectivity index (χ1v) is 9.13. The molecule has 7 heteroatoms. The second-order valence-corrected chi connectivity index (χ2v) is 6.65. The van der Waals surface area contributed by atoms with E-state index in [4.69, 9.17) is 4.74 Å². The number of methoxy groups -OCH3 is 1. The number of H-pyrrole nitrogens is 1. The molecule has 0 atom stereocenters. The Labute approximate surface area is 162 Å². The Morgan fingerprint density at radius 1 is 1.04 bits per heavy atom. The fourth-order valence-corrected chi connectivity index (χ4v) is 3.31. The summed E-state index contributed by atoms with van der Waals surface area (Å²) in [4.78, 5) is 16.5. The Kier molecular flexibility index (Phi) is 4.97. The van der Waals surface area contributed by atoms with E-state index < -0.39 is 0 Å². The summed E-state index contributed by atoms with van der Waals surface area (Å²) in [7, 11) is 1.64. The molecule has 0 spiro atoms. The zero-order chi connectivity index (χ0) is 19.5. The molecule has 3 aromatic rings. The quantitative estimate of drug-likeness (QED) is 0.755. The highest BCUT2D eigenvalue weighted by molar-refractivity contribution is 5.94. The molecule has 1 aliphatic rings. The monoisotopic (exact) mass is 380 g/mol. The lowest BCUT2D eigenvalue weighted by molar-refractivity contribution is 0.0746. The molecule has 0 aliphatic carbocycles. The van der Waals surface area contributed by atoms with Crippen LogP contribution in [0.5, 0.6) is 5.75 Å². The molecule has 1 aromatic heterocycles. The van der Waals surface area contributed by atoms with E-state index in [0.717, 1.165) is 22.8 Å². The van der Waals surface area contributed by atoms with Crippen LogP contribution in [0.25, 0.3) is 11.3 Å². The number of hydrogen-bond acceptors (Lipinski definition) is 4. The molecule has 28 heavy (non-hydrogen) atoms. The first-order chi connectivity index (χ1) is 13.6. The number of aromatic nitrogens is 2. The van der Waals surface area contributed by atoms with Crippen LogP contribution < -0.4 is 9.64 Å². The summed E-state index contributed by atoms with van der Waals surface area (Å²) in [5.74, 6) is 1.26. The highest BCUT2D eigenvalue weighted by Gasteiger charge is 2.23. The molecule has 2 heterocycles. The molecule has 1 N–H and O–H groups in total. The summed E-state index contributed by atoms with van der Waals surface area (Å²) in [5, 5.41) is 7.49. The van der Waals surface area contributed by atoms with Crippen molar-refractivity contribution in [2.75, 3.05) is 38.2 Å². The van der Waals surface area contributed by atoms with Crippen LogP contribution in [0.2, 0.25) is 0 Å². The highest BCUT2D eigenvalue weighted by atomic mass is 19.1. The van der Waals surface area contributed by atoms with Crippen LogP contribution in [0.15, 0.2) is 54.6 Å². The molecule has 2 aromatic carbocycles.